The van der Waals surface area contributed by atoms with Crippen LogP contribution in [-0.2, 0) is 6.61 Å². The van der Waals surface area contributed by atoms with E-state index >= 15 is 0 Å². The number of nitrogens with zero attached hydrogens (tertiary/aromatic N) is 1. The maximum atomic E-state index is 10.9. The van der Waals surface area contributed by atoms with Crippen LogP contribution in [0.3, 0.4) is 0 Å². The molecule has 0 aliphatic heterocycles. The third-order valence-electron chi connectivity index (χ3n) is 2.97. The molecule has 0 bridgehead atoms. The van der Waals surface area contributed by atoms with Crippen LogP contribution >= 0.6 is 0 Å². The molecular weight excluding hydrogens is 242 g/mol. The Hall–Kier alpha value is -2.36. The predicted octanol–water partition coefficient (Wildman–Crippen LogP) is 3.79. The van der Waals surface area contributed by atoms with E-state index in [-0.39, 0.29) is 17.2 Å². The van der Waals surface area contributed by atoms with E-state index in [9.17, 15) is 10.1 Å². The van der Waals surface area contributed by atoms with Gasteiger partial charge in [-0.25, -0.2) is 0 Å². The average Bonchev–Trinajstić information content (AvgIpc) is 2.38. The minimum absolute atomic E-state index is 0.0914. The van der Waals surface area contributed by atoms with Crippen LogP contribution in [0.15, 0.2) is 42.5 Å². The van der Waals surface area contributed by atoms with Gasteiger partial charge in [-0.2, -0.15) is 0 Å². The lowest BCUT2D eigenvalue weighted by molar-refractivity contribution is -0.385. The van der Waals surface area contributed by atoms with Gasteiger partial charge in [-0.3, -0.25) is 10.1 Å². The maximum Gasteiger partial charge on any atom is 0.276 e. The van der Waals surface area contributed by atoms with Gasteiger partial charge in [-0.05, 0) is 31.0 Å². The quantitative estimate of drug-likeness (QED) is 0.618. The Bertz CT molecular complexity index is 588. The molecule has 0 amide bonds. The molecule has 0 aliphatic rings. The zero-order valence-corrected chi connectivity index (χ0v) is 10.9. The summed E-state index contributed by atoms with van der Waals surface area (Å²) in [6.45, 7) is 4.12. The van der Waals surface area contributed by atoms with Gasteiger partial charge in [0.25, 0.3) is 5.69 Å². The molecule has 0 aromatic heterocycles. The van der Waals surface area contributed by atoms with Crippen molar-refractivity contribution in [1.29, 1.82) is 0 Å². The van der Waals surface area contributed by atoms with E-state index in [4.69, 9.17) is 4.74 Å². The Morgan fingerprint density at radius 2 is 1.68 bits per heavy atom. The summed E-state index contributed by atoms with van der Waals surface area (Å²) in [5.41, 5.74) is 2.72. The van der Waals surface area contributed by atoms with Gasteiger partial charge in [0.2, 0.25) is 0 Å². The Kier molecular flexibility index (Phi) is 3.80. The van der Waals surface area contributed by atoms with E-state index in [1.54, 1.807) is 18.2 Å². The lowest BCUT2D eigenvalue weighted by Gasteiger charge is -2.11. The molecule has 0 heterocycles. The number of nitro groups is 1. The standard InChI is InChI=1S/C15H15NO3/c1-11-6-5-7-12(2)15(11)19-10-13-8-3-4-9-14(13)16(17)18/h3-9H,10H2,1-2H3. The summed E-state index contributed by atoms with van der Waals surface area (Å²) >= 11 is 0. The van der Waals surface area contributed by atoms with Gasteiger partial charge in [-0.1, -0.05) is 30.3 Å². The van der Waals surface area contributed by atoms with Gasteiger partial charge in [0.05, 0.1) is 10.5 Å². The summed E-state index contributed by atoms with van der Waals surface area (Å²) in [4.78, 5) is 10.5. The number of benzene rings is 2. The first-order chi connectivity index (χ1) is 9.09. The molecular formula is C15H15NO3. The Labute approximate surface area is 111 Å². The lowest BCUT2D eigenvalue weighted by atomic mass is 10.1. The molecule has 0 atom stereocenters. The first-order valence-corrected chi connectivity index (χ1v) is 6.01. The number of nitro benzene ring substituents is 1. The lowest BCUT2D eigenvalue weighted by Crippen LogP contribution is -2.02. The zero-order valence-electron chi connectivity index (χ0n) is 10.9. The monoisotopic (exact) mass is 257 g/mol. The van der Waals surface area contributed by atoms with Crippen molar-refractivity contribution >= 4 is 5.69 Å². The van der Waals surface area contributed by atoms with Gasteiger partial charge in [0, 0.05) is 6.07 Å². The number of hydrogen-bond donors (Lipinski definition) is 0. The second kappa shape index (κ2) is 5.52. The fourth-order valence-electron chi connectivity index (χ4n) is 1.99. The summed E-state index contributed by atoms with van der Waals surface area (Å²) in [5.74, 6) is 0.792. The molecule has 0 saturated heterocycles. The molecule has 0 saturated carbocycles. The van der Waals surface area contributed by atoms with Crippen LogP contribution in [-0.4, -0.2) is 4.92 Å². The van der Waals surface area contributed by atoms with Crippen molar-refractivity contribution in [2.24, 2.45) is 0 Å². The summed E-state index contributed by atoms with van der Waals surface area (Å²) < 4.78 is 5.74. The number of hydrogen-bond acceptors (Lipinski definition) is 3. The van der Waals surface area contributed by atoms with Gasteiger partial charge in [0.15, 0.2) is 0 Å². The van der Waals surface area contributed by atoms with E-state index in [1.165, 1.54) is 6.07 Å². The van der Waals surface area contributed by atoms with Crippen LogP contribution < -0.4 is 4.74 Å². The van der Waals surface area contributed by atoms with E-state index in [0.717, 1.165) is 16.9 Å². The minimum atomic E-state index is -0.386. The summed E-state index contributed by atoms with van der Waals surface area (Å²) in [6.07, 6.45) is 0. The fourth-order valence-corrected chi connectivity index (χ4v) is 1.99. The molecule has 4 nitrogen and oxygen atoms in total. The maximum absolute atomic E-state index is 10.9. The van der Waals surface area contributed by atoms with Gasteiger partial charge in [0.1, 0.15) is 12.4 Å². The molecule has 2 aromatic rings. The van der Waals surface area contributed by atoms with Crippen molar-refractivity contribution in [3.8, 4) is 5.75 Å². The van der Waals surface area contributed by atoms with Crippen LogP contribution in [0.1, 0.15) is 16.7 Å². The normalized spacial score (nSPS) is 10.2. The Balaban J connectivity index is 2.22. The van der Waals surface area contributed by atoms with Crippen LogP contribution in [0.2, 0.25) is 0 Å². The fraction of sp³-hybridized carbons (Fsp3) is 0.200. The van der Waals surface area contributed by atoms with Gasteiger partial charge >= 0.3 is 0 Å². The molecule has 4 heteroatoms. The topological polar surface area (TPSA) is 52.4 Å². The SMILES string of the molecule is Cc1cccc(C)c1OCc1ccccc1[N+](=O)[O-]. The van der Waals surface area contributed by atoms with Crippen LogP contribution in [0.25, 0.3) is 0 Å². The van der Waals surface area contributed by atoms with E-state index in [0.29, 0.717) is 5.56 Å². The Morgan fingerprint density at radius 1 is 1.05 bits per heavy atom. The average molecular weight is 257 g/mol. The second-order valence-corrected chi connectivity index (χ2v) is 4.40. The highest BCUT2D eigenvalue weighted by Gasteiger charge is 2.13. The molecule has 2 rings (SSSR count). The highest BCUT2D eigenvalue weighted by molar-refractivity contribution is 5.42. The molecule has 0 aliphatic carbocycles. The molecule has 98 valence electrons. The number of aryl methyl sites for hydroxylation is 2. The van der Waals surface area contributed by atoms with E-state index < -0.39 is 0 Å². The molecule has 0 fully saturated rings. The largest absolute Gasteiger partial charge is 0.488 e. The number of ether oxygens (including phenoxy) is 1. The van der Waals surface area contributed by atoms with Gasteiger partial charge in [-0.15, -0.1) is 0 Å². The van der Waals surface area contributed by atoms with Crippen molar-refractivity contribution < 1.29 is 9.66 Å². The predicted molar refractivity (Wildman–Crippen MR) is 73.3 cm³/mol. The molecule has 0 N–H and O–H groups in total. The highest BCUT2D eigenvalue weighted by Crippen LogP contribution is 2.25. The highest BCUT2D eigenvalue weighted by atomic mass is 16.6. The number of para-hydroxylation sites is 2. The van der Waals surface area contributed by atoms with Crippen molar-refractivity contribution in [3.63, 3.8) is 0 Å². The zero-order chi connectivity index (χ0) is 13.8. The van der Waals surface area contributed by atoms with Crippen LogP contribution in [0.5, 0.6) is 5.75 Å². The summed E-state index contributed by atoms with van der Waals surface area (Å²) in [5, 5.41) is 10.9. The second-order valence-electron chi connectivity index (χ2n) is 4.40. The van der Waals surface area contributed by atoms with Crippen molar-refractivity contribution in [2.45, 2.75) is 20.5 Å². The van der Waals surface area contributed by atoms with E-state index in [1.807, 2.05) is 32.0 Å². The minimum Gasteiger partial charge on any atom is -0.488 e. The smallest absolute Gasteiger partial charge is 0.276 e. The Morgan fingerprint density at radius 3 is 2.32 bits per heavy atom. The molecule has 19 heavy (non-hydrogen) atoms. The molecule has 2 aromatic carbocycles. The van der Waals surface area contributed by atoms with E-state index in [2.05, 4.69) is 0 Å². The molecule has 0 unspecified atom stereocenters. The summed E-state index contributed by atoms with van der Waals surface area (Å²) in [7, 11) is 0. The molecule has 0 spiro atoms. The molecule has 0 radical (unpaired) electrons. The summed E-state index contributed by atoms with van der Waals surface area (Å²) in [6, 6.07) is 12.5. The van der Waals surface area contributed by atoms with Gasteiger partial charge < -0.3 is 4.74 Å². The first-order valence-electron chi connectivity index (χ1n) is 6.01. The third-order valence-corrected chi connectivity index (χ3v) is 2.97. The van der Waals surface area contributed by atoms with Crippen LogP contribution in [0.4, 0.5) is 5.69 Å². The van der Waals surface area contributed by atoms with Crippen molar-refractivity contribution in [1.82, 2.24) is 0 Å². The van der Waals surface area contributed by atoms with Crippen molar-refractivity contribution in [2.75, 3.05) is 0 Å². The first kappa shape index (κ1) is 13.1. The van der Waals surface area contributed by atoms with Crippen LogP contribution in [0, 0.1) is 24.0 Å². The van der Waals surface area contributed by atoms with Crippen molar-refractivity contribution in [3.05, 3.63) is 69.3 Å². The third kappa shape index (κ3) is 2.91. The number of rotatable bonds is 4.